The van der Waals surface area contributed by atoms with Crippen LogP contribution in [-0.2, 0) is 0 Å². The van der Waals surface area contributed by atoms with E-state index in [0.29, 0.717) is 5.56 Å². The van der Waals surface area contributed by atoms with Gasteiger partial charge >= 0.3 is 0 Å². The molecule has 0 fully saturated rings. The van der Waals surface area contributed by atoms with Crippen molar-refractivity contribution in [3.8, 4) is 0 Å². The van der Waals surface area contributed by atoms with Crippen molar-refractivity contribution in [3.63, 3.8) is 0 Å². The topological polar surface area (TPSA) is 36.0 Å². The van der Waals surface area contributed by atoms with E-state index >= 15 is 0 Å². The van der Waals surface area contributed by atoms with Gasteiger partial charge < -0.3 is 10.1 Å². The molecule has 0 bridgehead atoms. The van der Waals surface area contributed by atoms with Crippen LogP contribution in [0, 0.1) is 5.82 Å². The Labute approximate surface area is 81.0 Å². The molecule has 0 saturated carbocycles. The lowest BCUT2D eigenvalue weighted by Crippen LogP contribution is -1.98. The van der Waals surface area contributed by atoms with E-state index in [1.807, 2.05) is 0 Å². The zero-order chi connectivity index (χ0) is 9.97. The Morgan fingerprint density at radius 1 is 1.21 bits per heavy atom. The van der Waals surface area contributed by atoms with Crippen LogP contribution in [0.5, 0.6) is 0 Å². The molecule has 1 atom stereocenters. The van der Waals surface area contributed by atoms with E-state index in [0.717, 1.165) is 5.56 Å². The van der Waals surface area contributed by atoms with Gasteiger partial charge in [-0.1, -0.05) is 12.1 Å². The zero-order valence-electron chi connectivity index (χ0n) is 7.44. The van der Waals surface area contributed by atoms with Crippen molar-refractivity contribution in [2.24, 2.45) is 0 Å². The highest BCUT2D eigenvalue weighted by atomic mass is 19.1. The number of rotatable bonds is 2. The Morgan fingerprint density at radius 3 is 2.71 bits per heavy atom. The highest BCUT2D eigenvalue weighted by Gasteiger charge is 2.10. The minimum Gasteiger partial charge on any atom is -0.384 e. The van der Waals surface area contributed by atoms with Crippen molar-refractivity contribution in [1.29, 1.82) is 0 Å². The van der Waals surface area contributed by atoms with Gasteiger partial charge in [0.2, 0.25) is 0 Å². The summed E-state index contributed by atoms with van der Waals surface area (Å²) in [6.45, 7) is 0. The Morgan fingerprint density at radius 2 is 2.07 bits per heavy atom. The second-order valence-corrected chi connectivity index (χ2v) is 3.10. The molecule has 14 heavy (non-hydrogen) atoms. The molecule has 0 spiro atoms. The third-order valence-corrected chi connectivity index (χ3v) is 2.10. The number of aromatic amines is 1. The van der Waals surface area contributed by atoms with Crippen LogP contribution in [-0.4, -0.2) is 10.1 Å². The largest absolute Gasteiger partial charge is 0.384 e. The normalized spacial score (nSPS) is 12.7. The lowest BCUT2D eigenvalue weighted by atomic mass is 10.0. The predicted octanol–water partition coefficient (Wildman–Crippen LogP) is 2.24. The van der Waals surface area contributed by atoms with Gasteiger partial charge in [-0.15, -0.1) is 0 Å². The smallest absolute Gasteiger partial charge is 0.123 e. The molecule has 0 radical (unpaired) electrons. The quantitative estimate of drug-likeness (QED) is 0.750. The molecular formula is C11H10FNO. The average molecular weight is 191 g/mol. The van der Waals surface area contributed by atoms with E-state index in [4.69, 9.17) is 0 Å². The minimum absolute atomic E-state index is 0.336. The van der Waals surface area contributed by atoms with Crippen LogP contribution in [0.3, 0.4) is 0 Å². The lowest BCUT2D eigenvalue weighted by molar-refractivity contribution is 0.220. The van der Waals surface area contributed by atoms with Gasteiger partial charge in [-0.25, -0.2) is 4.39 Å². The fourth-order valence-electron chi connectivity index (χ4n) is 1.38. The van der Waals surface area contributed by atoms with Crippen LogP contribution < -0.4 is 0 Å². The maximum Gasteiger partial charge on any atom is 0.123 e. The molecule has 0 aliphatic rings. The summed E-state index contributed by atoms with van der Waals surface area (Å²) in [4.78, 5) is 2.84. The third-order valence-electron chi connectivity index (χ3n) is 2.10. The highest BCUT2D eigenvalue weighted by Crippen LogP contribution is 2.21. The van der Waals surface area contributed by atoms with Gasteiger partial charge in [0.1, 0.15) is 11.9 Å². The summed E-state index contributed by atoms with van der Waals surface area (Å²) in [7, 11) is 0. The van der Waals surface area contributed by atoms with Crippen LogP contribution in [0.15, 0.2) is 42.7 Å². The van der Waals surface area contributed by atoms with Crippen molar-refractivity contribution >= 4 is 0 Å². The summed E-state index contributed by atoms with van der Waals surface area (Å²) in [6, 6.07) is 7.72. The first-order valence-electron chi connectivity index (χ1n) is 4.33. The van der Waals surface area contributed by atoms with Crippen molar-refractivity contribution < 1.29 is 9.50 Å². The van der Waals surface area contributed by atoms with E-state index in [9.17, 15) is 9.50 Å². The highest BCUT2D eigenvalue weighted by molar-refractivity contribution is 5.28. The number of aromatic nitrogens is 1. The first-order valence-corrected chi connectivity index (χ1v) is 4.33. The summed E-state index contributed by atoms with van der Waals surface area (Å²) in [5.74, 6) is -0.336. The second-order valence-electron chi connectivity index (χ2n) is 3.10. The van der Waals surface area contributed by atoms with Crippen molar-refractivity contribution in [2.45, 2.75) is 6.10 Å². The Hall–Kier alpha value is -1.61. The van der Waals surface area contributed by atoms with E-state index in [1.165, 1.54) is 12.1 Å². The van der Waals surface area contributed by atoms with Gasteiger partial charge in [-0.2, -0.15) is 0 Å². The molecule has 3 heteroatoms. The van der Waals surface area contributed by atoms with Crippen molar-refractivity contribution in [1.82, 2.24) is 4.98 Å². The van der Waals surface area contributed by atoms with E-state index < -0.39 is 6.10 Å². The number of benzene rings is 1. The van der Waals surface area contributed by atoms with Crippen LogP contribution >= 0.6 is 0 Å². The number of H-pyrrole nitrogens is 1. The van der Waals surface area contributed by atoms with Gasteiger partial charge in [-0.3, -0.25) is 0 Å². The molecular weight excluding hydrogens is 181 g/mol. The van der Waals surface area contributed by atoms with Gasteiger partial charge in [-0.05, 0) is 23.8 Å². The van der Waals surface area contributed by atoms with Gasteiger partial charge in [0, 0.05) is 18.0 Å². The minimum atomic E-state index is -0.767. The summed E-state index contributed by atoms with van der Waals surface area (Å²) >= 11 is 0. The van der Waals surface area contributed by atoms with Gasteiger partial charge in [0.25, 0.3) is 0 Å². The van der Waals surface area contributed by atoms with E-state index in [-0.39, 0.29) is 5.82 Å². The van der Waals surface area contributed by atoms with E-state index in [2.05, 4.69) is 4.98 Å². The first kappa shape index (κ1) is 8.97. The zero-order valence-corrected chi connectivity index (χ0v) is 7.44. The Kier molecular flexibility index (Phi) is 2.33. The summed E-state index contributed by atoms with van der Waals surface area (Å²) in [5.41, 5.74) is 1.29. The number of hydrogen-bond acceptors (Lipinski definition) is 1. The maximum atomic E-state index is 12.9. The molecule has 1 heterocycles. The number of nitrogens with one attached hydrogen (secondary N) is 1. The number of halogens is 1. The standard InChI is InChI=1S/C11H10FNO/c12-10-3-1-2-8(6-10)11(14)9-4-5-13-7-9/h1-7,11,13-14H. The lowest BCUT2D eigenvalue weighted by Gasteiger charge is -2.08. The Bertz CT molecular complexity index is 411. The summed E-state index contributed by atoms with van der Waals surface area (Å²) in [5, 5.41) is 9.82. The number of aliphatic hydroxyl groups excluding tert-OH is 1. The molecule has 2 N–H and O–H groups in total. The fourth-order valence-corrected chi connectivity index (χ4v) is 1.38. The molecule has 2 nitrogen and oxygen atoms in total. The van der Waals surface area contributed by atoms with Crippen LogP contribution in [0.1, 0.15) is 17.2 Å². The van der Waals surface area contributed by atoms with Crippen LogP contribution in [0.4, 0.5) is 4.39 Å². The number of aliphatic hydroxyl groups is 1. The molecule has 0 saturated heterocycles. The van der Waals surface area contributed by atoms with Crippen LogP contribution in [0.2, 0.25) is 0 Å². The van der Waals surface area contributed by atoms with Crippen LogP contribution in [0.25, 0.3) is 0 Å². The SMILES string of the molecule is OC(c1cc[nH]c1)c1cccc(F)c1. The molecule has 2 rings (SSSR count). The van der Waals surface area contributed by atoms with E-state index in [1.54, 1.807) is 30.6 Å². The molecule has 1 aromatic heterocycles. The maximum absolute atomic E-state index is 12.9. The van der Waals surface area contributed by atoms with Crippen molar-refractivity contribution in [2.75, 3.05) is 0 Å². The molecule has 1 aromatic carbocycles. The first-order chi connectivity index (χ1) is 6.77. The monoisotopic (exact) mass is 191 g/mol. The molecule has 72 valence electrons. The van der Waals surface area contributed by atoms with Gasteiger partial charge in [0.15, 0.2) is 0 Å². The summed E-state index contributed by atoms with van der Waals surface area (Å²) < 4.78 is 12.9. The Balaban J connectivity index is 2.32. The molecule has 2 aromatic rings. The fraction of sp³-hybridized carbons (Fsp3) is 0.0909. The second kappa shape index (κ2) is 3.64. The third kappa shape index (κ3) is 1.67. The molecule has 0 aliphatic heterocycles. The summed E-state index contributed by atoms with van der Waals surface area (Å²) in [6.07, 6.45) is 2.64. The predicted molar refractivity (Wildman–Crippen MR) is 51.3 cm³/mol. The number of hydrogen-bond donors (Lipinski definition) is 2. The molecule has 0 aliphatic carbocycles. The van der Waals surface area contributed by atoms with Crippen molar-refractivity contribution in [3.05, 3.63) is 59.7 Å². The average Bonchev–Trinajstić information content (AvgIpc) is 2.69. The van der Waals surface area contributed by atoms with Gasteiger partial charge in [0.05, 0.1) is 0 Å². The molecule has 1 unspecified atom stereocenters. The molecule has 0 amide bonds.